The Kier molecular flexibility index (Phi) is 4.34. The summed E-state index contributed by atoms with van der Waals surface area (Å²) >= 11 is 5.93. The van der Waals surface area contributed by atoms with Crippen molar-refractivity contribution >= 4 is 17.3 Å². The van der Waals surface area contributed by atoms with E-state index in [0.29, 0.717) is 17.8 Å². The zero-order valence-electron chi connectivity index (χ0n) is 10.7. The van der Waals surface area contributed by atoms with Crippen molar-refractivity contribution in [3.8, 4) is 0 Å². The Hall–Kier alpha value is -1.95. The van der Waals surface area contributed by atoms with Crippen molar-refractivity contribution in [2.75, 3.05) is 5.32 Å². The molecule has 2 rings (SSSR count). The van der Waals surface area contributed by atoms with Crippen LogP contribution in [-0.2, 0) is 13.1 Å². The van der Waals surface area contributed by atoms with Crippen molar-refractivity contribution < 1.29 is 8.78 Å². The fraction of sp³-hybridized carbons (Fsp3) is 0.231. The lowest BCUT2D eigenvalue weighted by Crippen LogP contribution is -2.23. The van der Waals surface area contributed by atoms with Crippen LogP contribution in [0.15, 0.2) is 29.2 Å². The summed E-state index contributed by atoms with van der Waals surface area (Å²) in [4.78, 5) is 11.7. The number of aromatic nitrogens is 2. The molecule has 0 saturated heterocycles. The van der Waals surface area contributed by atoms with Gasteiger partial charge in [0, 0.05) is 13.1 Å². The molecule has 0 atom stereocenters. The van der Waals surface area contributed by atoms with Gasteiger partial charge < -0.3 is 5.32 Å². The van der Waals surface area contributed by atoms with Gasteiger partial charge in [-0.15, -0.1) is 0 Å². The third-order valence-electron chi connectivity index (χ3n) is 2.75. The number of benzene rings is 1. The largest absolute Gasteiger partial charge is 0.378 e. The van der Waals surface area contributed by atoms with Gasteiger partial charge in [-0.1, -0.05) is 17.7 Å². The molecule has 1 N–H and O–H groups in total. The molecule has 0 bridgehead atoms. The molecule has 4 nitrogen and oxygen atoms in total. The molecule has 7 heteroatoms. The highest BCUT2D eigenvalue weighted by atomic mass is 35.5. The second kappa shape index (κ2) is 6.00. The van der Waals surface area contributed by atoms with E-state index in [2.05, 4.69) is 10.4 Å². The van der Waals surface area contributed by atoms with Gasteiger partial charge in [0.15, 0.2) is 11.6 Å². The minimum atomic E-state index is -0.921. The van der Waals surface area contributed by atoms with Crippen LogP contribution < -0.4 is 10.9 Å². The highest BCUT2D eigenvalue weighted by molar-refractivity contribution is 6.32. The summed E-state index contributed by atoms with van der Waals surface area (Å²) in [5, 5.41) is 6.81. The third kappa shape index (κ3) is 2.96. The SMILES string of the molecule is CCn1ncc(NCc2ccc(F)c(F)c2)c(Cl)c1=O. The zero-order chi connectivity index (χ0) is 14.7. The van der Waals surface area contributed by atoms with E-state index in [0.717, 1.165) is 12.1 Å². The van der Waals surface area contributed by atoms with Crippen molar-refractivity contribution in [3.63, 3.8) is 0 Å². The normalized spacial score (nSPS) is 10.6. The second-order valence-corrected chi connectivity index (χ2v) is 4.47. The fourth-order valence-corrected chi connectivity index (χ4v) is 1.87. The summed E-state index contributed by atoms with van der Waals surface area (Å²) in [7, 11) is 0. The van der Waals surface area contributed by atoms with Gasteiger partial charge in [-0.3, -0.25) is 4.79 Å². The van der Waals surface area contributed by atoms with Gasteiger partial charge in [-0.05, 0) is 24.6 Å². The molecule has 1 aromatic heterocycles. The molecule has 0 aliphatic rings. The minimum Gasteiger partial charge on any atom is -0.378 e. The third-order valence-corrected chi connectivity index (χ3v) is 3.12. The highest BCUT2D eigenvalue weighted by Gasteiger charge is 2.08. The molecule has 0 unspecified atom stereocenters. The van der Waals surface area contributed by atoms with Crippen LogP contribution in [0.25, 0.3) is 0 Å². The Bertz CT molecular complexity index is 688. The molecule has 0 spiro atoms. The van der Waals surface area contributed by atoms with Crippen molar-refractivity contribution in [1.29, 1.82) is 0 Å². The van der Waals surface area contributed by atoms with Crippen LogP contribution in [0.4, 0.5) is 14.5 Å². The molecule has 0 aliphatic carbocycles. The van der Waals surface area contributed by atoms with Crippen LogP contribution in [0.1, 0.15) is 12.5 Å². The lowest BCUT2D eigenvalue weighted by Gasteiger charge is -2.09. The van der Waals surface area contributed by atoms with E-state index in [4.69, 9.17) is 11.6 Å². The van der Waals surface area contributed by atoms with Gasteiger partial charge in [0.05, 0.1) is 11.9 Å². The monoisotopic (exact) mass is 299 g/mol. The lowest BCUT2D eigenvalue weighted by atomic mass is 10.2. The van der Waals surface area contributed by atoms with E-state index >= 15 is 0 Å². The van der Waals surface area contributed by atoms with Gasteiger partial charge in [0.1, 0.15) is 5.02 Å². The predicted molar refractivity (Wildman–Crippen MR) is 72.9 cm³/mol. The Morgan fingerprint density at radius 3 is 2.75 bits per heavy atom. The molecular weight excluding hydrogens is 288 g/mol. The maximum absolute atomic E-state index is 13.1. The molecule has 0 fully saturated rings. The highest BCUT2D eigenvalue weighted by Crippen LogP contribution is 2.17. The summed E-state index contributed by atoms with van der Waals surface area (Å²) in [5.74, 6) is -1.83. The van der Waals surface area contributed by atoms with Gasteiger partial charge >= 0.3 is 0 Å². The molecule has 20 heavy (non-hydrogen) atoms. The number of aryl methyl sites for hydroxylation is 1. The van der Waals surface area contributed by atoms with E-state index in [-0.39, 0.29) is 11.6 Å². The summed E-state index contributed by atoms with van der Waals surface area (Å²) < 4.78 is 27.1. The smallest absolute Gasteiger partial charge is 0.287 e. The number of nitrogens with zero attached hydrogens (tertiary/aromatic N) is 2. The minimum absolute atomic E-state index is 0.0180. The topological polar surface area (TPSA) is 46.9 Å². The molecule has 0 radical (unpaired) electrons. The molecule has 0 amide bonds. The Balaban J connectivity index is 2.17. The maximum Gasteiger partial charge on any atom is 0.287 e. The summed E-state index contributed by atoms with van der Waals surface area (Å²) in [6, 6.07) is 3.57. The van der Waals surface area contributed by atoms with Crippen LogP contribution >= 0.6 is 11.6 Å². The van der Waals surface area contributed by atoms with Crippen LogP contribution in [0.2, 0.25) is 5.02 Å². The van der Waals surface area contributed by atoms with Crippen LogP contribution in [0.3, 0.4) is 0 Å². The summed E-state index contributed by atoms with van der Waals surface area (Å²) in [5.41, 5.74) is 0.482. The summed E-state index contributed by atoms with van der Waals surface area (Å²) in [6.07, 6.45) is 1.42. The molecule has 0 aliphatic heterocycles. The molecular formula is C13H12ClF2N3O. The first-order valence-electron chi connectivity index (χ1n) is 5.96. The Labute approximate surface area is 119 Å². The summed E-state index contributed by atoms with van der Waals surface area (Å²) in [6.45, 7) is 2.40. The van der Waals surface area contributed by atoms with Crippen molar-refractivity contribution in [1.82, 2.24) is 9.78 Å². The van der Waals surface area contributed by atoms with Crippen LogP contribution in [-0.4, -0.2) is 9.78 Å². The van der Waals surface area contributed by atoms with Gasteiger partial charge in [0.25, 0.3) is 5.56 Å². The van der Waals surface area contributed by atoms with E-state index in [1.807, 2.05) is 0 Å². The van der Waals surface area contributed by atoms with Crippen LogP contribution in [0, 0.1) is 11.6 Å². The van der Waals surface area contributed by atoms with E-state index < -0.39 is 17.2 Å². The van der Waals surface area contributed by atoms with Gasteiger partial charge in [-0.25, -0.2) is 13.5 Å². The molecule has 106 valence electrons. The number of halogens is 3. The van der Waals surface area contributed by atoms with E-state index in [9.17, 15) is 13.6 Å². The van der Waals surface area contributed by atoms with E-state index in [1.54, 1.807) is 6.92 Å². The first-order chi connectivity index (χ1) is 9.52. The average Bonchev–Trinajstić information content (AvgIpc) is 2.44. The van der Waals surface area contributed by atoms with Crippen molar-refractivity contribution in [2.24, 2.45) is 0 Å². The standard InChI is InChI=1S/C13H12ClF2N3O/c1-2-19-13(20)12(14)11(7-18-19)17-6-8-3-4-9(15)10(16)5-8/h3-5,7,17H,2,6H2,1H3. The lowest BCUT2D eigenvalue weighted by molar-refractivity contribution is 0.507. The number of nitrogens with one attached hydrogen (secondary N) is 1. The van der Waals surface area contributed by atoms with E-state index in [1.165, 1.54) is 16.9 Å². The number of hydrogen-bond donors (Lipinski definition) is 1. The maximum atomic E-state index is 13.1. The number of rotatable bonds is 4. The fourth-order valence-electron chi connectivity index (χ4n) is 1.66. The number of anilines is 1. The first kappa shape index (κ1) is 14.5. The predicted octanol–water partition coefficient (Wildman–Crippen LogP) is 2.81. The second-order valence-electron chi connectivity index (χ2n) is 4.10. The molecule has 2 aromatic rings. The van der Waals surface area contributed by atoms with Crippen molar-refractivity contribution in [2.45, 2.75) is 20.0 Å². The first-order valence-corrected chi connectivity index (χ1v) is 6.34. The van der Waals surface area contributed by atoms with Gasteiger partial charge in [0.2, 0.25) is 0 Å². The van der Waals surface area contributed by atoms with Crippen molar-refractivity contribution in [3.05, 3.63) is 57.0 Å². The quantitative estimate of drug-likeness (QED) is 0.944. The zero-order valence-corrected chi connectivity index (χ0v) is 11.4. The average molecular weight is 300 g/mol. The molecule has 0 saturated carbocycles. The van der Waals surface area contributed by atoms with Crippen LogP contribution in [0.5, 0.6) is 0 Å². The Morgan fingerprint density at radius 2 is 2.10 bits per heavy atom. The number of hydrogen-bond acceptors (Lipinski definition) is 3. The molecule has 1 heterocycles. The molecule has 1 aromatic carbocycles. The Morgan fingerprint density at radius 1 is 1.35 bits per heavy atom. The van der Waals surface area contributed by atoms with Gasteiger partial charge in [-0.2, -0.15) is 5.10 Å².